The number of anilines is 1. The van der Waals surface area contributed by atoms with Gasteiger partial charge in [-0.15, -0.1) is 21.5 Å². The summed E-state index contributed by atoms with van der Waals surface area (Å²) < 4.78 is 0.686. The molecule has 5 rings (SSSR count). The Morgan fingerprint density at radius 1 is 1.05 bits per heavy atom. The van der Waals surface area contributed by atoms with Crippen LogP contribution in [0, 0.1) is 13.8 Å². The van der Waals surface area contributed by atoms with Crippen LogP contribution in [0.5, 0.6) is 0 Å². The van der Waals surface area contributed by atoms with Gasteiger partial charge < -0.3 is 5.11 Å². The number of thioether (sulfide) groups is 1. The van der Waals surface area contributed by atoms with E-state index in [9.17, 15) is 14.7 Å². The Kier molecular flexibility index (Phi) is 7.31. The molecule has 1 atom stereocenters. The van der Waals surface area contributed by atoms with E-state index in [1.54, 1.807) is 13.0 Å². The van der Waals surface area contributed by atoms with Gasteiger partial charge in [-0.2, -0.15) is 0 Å². The van der Waals surface area contributed by atoms with Gasteiger partial charge in [0.2, 0.25) is 10.9 Å². The number of thiazole rings is 1. The summed E-state index contributed by atoms with van der Waals surface area (Å²) in [6, 6.07) is 18.7. The Labute approximate surface area is 226 Å². The molecule has 2 aromatic heterocycles. The van der Waals surface area contributed by atoms with E-state index in [-0.39, 0.29) is 5.57 Å². The molecule has 186 valence electrons. The number of carbonyl (C=O) groups excluding carboxylic acids is 2. The summed E-state index contributed by atoms with van der Waals surface area (Å²) >= 11 is 4.01. The average molecular weight is 547 g/mol. The third-order valence-corrected chi connectivity index (χ3v) is 8.88. The summed E-state index contributed by atoms with van der Waals surface area (Å²) in [6.45, 7) is 3.57. The molecule has 0 spiro atoms. The summed E-state index contributed by atoms with van der Waals surface area (Å²) in [5.41, 5.74) is 2.62. The van der Waals surface area contributed by atoms with Crippen LogP contribution in [-0.2, 0) is 10.5 Å². The van der Waals surface area contributed by atoms with Crippen LogP contribution in [0.25, 0.3) is 6.08 Å². The van der Waals surface area contributed by atoms with Crippen LogP contribution >= 0.6 is 34.4 Å². The van der Waals surface area contributed by atoms with Gasteiger partial charge in [0.25, 0.3) is 5.91 Å². The fourth-order valence-electron chi connectivity index (χ4n) is 3.96. The molecule has 0 aliphatic carbocycles. The van der Waals surface area contributed by atoms with Gasteiger partial charge in [0.15, 0.2) is 10.1 Å². The molecule has 2 aromatic carbocycles. The molecular weight excluding hydrogens is 525 g/mol. The first-order chi connectivity index (χ1) is 17.9. The Hall–Kier alpha value is -3.60. The van der Waals surface area contributed by atoms with Gasteiger partial charge in [-0.25, -0.2) is 4.98 Å². The first-order valence-electron chi connectivity index (χ1n) is 11.4. The number of hydrogen-bond acceptors (Lipinski definition) is 9. The maximum Gasteiger partial charge on any atom is 0.296 e. The maximum atomic E-state index is 13.6. The number of hydrogen-bond donors (Lipinski definition) is 1. The minimum Gasteiger partial charge on any atom is -0.503 e. The van der Waals surface area contributed by atoms with Crippen LogP contribution in [-0.4, -0.2) is 38.0 Å². The number of amides is 1. The van der Waals surface area contributed by atoms with Crippen LogP contribution < -0.4 is 4.90 Å². The summed E-state index contributed by atoms with van der Waals surface area (Å²) in [6.07, 6.45) is 3.57. The van der Waals surface area contributed by atoms with E-state index >= 15 is 0 Å². The lowest BCUT2D eigenvalue weighted by Crippen LogP contribution is -2.35. The van der Waals surface area contributed by atoms with Gasteiger partial charge in [-0.05, 0) is 25.0 Å². The summed E-state index contributed by atoms with van der Waals surface area (Å²) in [4.78, 5) is 33.0. The van der Waals surface area contributed by atoms with E-state index in [4.69, 9.17) is 0 Å². The first-order valence-corrected chi connectivity index (χ1v) is 14.0. The fourth-order valence-corrected chi connectivity index (χ4v) is 6.67. The van der Waals surface area contributed by atoms with E-state index in [0.717, 1.165) is 16.1 Å². The first kappa shape index (κ1) is 25.1. The number of aliphatic hydroxyl groups is 1. The van der Waals surface area contributed by atoms with Crippen molar-refractivity contribution in [2.24, 2.45) is 0 Å². The number of Topliss-reactive ketones (excluding diaryl/α,β-unsaturated/α-hetero) is 1. The number of ketones is 1. The molecule has 37 heavy (non-hydrogen) atoms. The zero-order valence-corrected chi connectivity index (χ0v) is 22.4. The van der Waals surface area contributed by atoms with E-state index in [1.165, 1.54) is 39.3 Å². The highest BCUT2D eigenvalue weighted by Crippen LogP contribution is 2.38. The monoisotopic (exact) mass is 546 g/mol. The van der Waals surface area contributed by atoms with Crippen LogP contribution in [0.15, 0.2) is 82.4 Å². The zero-order chi connectivity index (χ0) is 25.9. The van der Waals surface area contributed by atoms with Crippen molar-refractivity contribution in [2.45, 2.75) is 30.0 Å². The number of nitrogens with zero attached hydrogens (tertiary/aromatic N) is 4. The fraction of sp³-hybridized carbons (Fsp3) is 0.148. The predicted octanol–water partition coefficient (Wildman–Crippen LogP) is 6.03. The van der Waals surface area contributed by atoms with Crippen molar-refractivity contribution in [1.82, 2.24) is 15.2 Å². The normalized spacial score (nSPS) is 15.8. The Bertz CT molecular complexity index is 1510. The second kappa shape index (κ2) is 10.8. The highest BCUT2D eigenvalue weighted by atomic mass is 32.2. The molecule has 10 heteroatoms. The summed E-state index contributed by atoms with van der Waals surface area (Å²) in [5, 5.41) is 20.5. The maximum absolute atomic E-state index is 13.6. The number of benzene rings is 2. The third-order valence-electron chi connectivity index (χ3n) is 5.68. The van der Waals surface area contributed by atoms with Crippen LogP contribution in [0.2, 0.25) is 0 Å². The lowest BCUT2D eigenvalue weighted by molar-refractivity contribution is -0.116. The van der Waals surface area contributed by atoms with Crippen molar-refractivity contribution in [3.05, 3.63) is 105 Å². The predicted molar refractivity (Wildman–Crippen MR) is 148 cm³/mol. The third kappa shape index (κ3) is 5.27. The number of rotatable bonds is 8. The zero-order valence-electron chi connectivity index (χ0n) is 20.0. The van der Waals surface area contributed by atoms with Crippen molar-refractivity contribution in [1.29, 1.82) is 0 Å². The second-order valence-corrected chi connectivity index (χ2v) is 11.6. The molecule has 0 radical (unpaired) electrons. The molecule has 0 fully saturated rings. The van der Waals surface area contributed by atoms with Gasteiger partial charge in [0.05, 0.1) is 27.2 Å². The van der Waals surface area contributed by atoms with Crippen molar-refractivity contribution in [3.8, 4) is 0 Å². The number of aliphatic hydroxyl groups excluding tert-OH is 1. The van der Waals surface area contributed by atoms with Crippen molar-refractivity contribution >= 4 is 57.3 Å². The van der Waals surface area contributed by atoms with Gasteiger partial charge in [0, 0.05) is 5.75 Å². The standard InChI is InChI=1S/C27H22N4O3S3/c1-16-24(36-17(2)28-16)22(32)21-20(14-13-18-9-5-3-6-10-18)31(25(34)23(21)33)26-29-30-27(37-26)35-15-19-11-7-4-8-12-19/h3-14,20,33H,15H2,1-2H3. The molecule has 1 aliphatic heterocycles. The van der Waals surface area contributed by atoms with Gasteiger partial charge in [0.1, 0.15) is 0 Å². The molecular formula is C27H22N4O3S3. The molecule has 1 N–H and O–H groups in total. The topological polar surface area (TPSA) is 96.3 Å². The summed E-state index contributed by atoms with van der Waals surface area (Å²) in [5.74, 6) is -0.965. The summed E-state index contributed by atoms with van der Waals surface area (Å²) in [7, 11) is 0. The highest BCUT2D eigenvalue weighted by molar-refractivity contribution is 8.00. The minimum atomic E-state index is -0.845. The number of aromatic nitrogens is 3. The van der Waals surface area contributed by atoms with Gasteiger partial charge >= 0.3 is 0 Å². The molecule has 0 bridgehead atoms. The SMILES string of the molecule is Cc1nc(C)c(C(=O)C2=C(O)C(=O)N(c3nnc(SCc4ccccc4)s3)C2C=Cc2ccccc2)s1. The van der Waals surface area contributed by atoms with Crippen LogP contribution in [0.4, 0.5) is 5.13 Å². The van der Waals surface area contributed by atoms with Crippen molar-refractivity contribution in [3.63, 3.8) is 0 Å². The van der Waals surface area contributed by atoms with Crippen LogP contribution in [0.3, 0.4) is 0 Å². The van der Waals surface area contributed by atoms with Gasteiger partial charge in [-0.3, -0.25) is 14.5 Å². The molecule has 1 amide bonds. The van der Waals surface area contributed by atoms with E-state index in [1.807, 2.05) is 73.7 Å². The largest absolute Gasteiger partial charge is 0.503 e. The quantitative estimate of drug-likeness (QED) is 0.164. The molecule has 1 unspecified atom stereocenters. The second-order valence-electron chi connectivity index (χ2n) is 8.25. The molecule has 0 saturated heterocycles. The highest BCUT2D eigenvalue weighted by Gasteiger charge is 2.44. The molecule has 0 saturated carbocycles. The van der Waals surface area contributed by atoms with Crippen molar-refractivity contribution in [2.75, 3.05) is 4.90 Å². The average Bonchev–Trinajstić information content (AvgIpc) is 3.58. The van der Waals surface area contributed by atoms with Crippen molar-refractivity contribution < 1.29 is 14.7 Å². The lowest BCUT2D eigenvalue weighted by Gasteiger charge is -2.20. The Morgan fingerprint density at radius 3 is 2.43 bits per heavy atom. The lowest BCUT2D eigenvalue weighted by atomic mass is 10.0. The smallest absolute Gasteiger partial charge is 0.296 e. The Morgan fingerprint density at radius 2 is 1.76 bits per heavy atom. The molecule has 4 aromatic rings. The number of carbonyl (C=O) groups is 2. The number of aryl methyl sites for hydroxylation is 2. The van der Waals surface area contributed by atoms with Crippen LogP contribution in [0.1, 0.15) is 31.5 Å². The van der Waals surface area contributed by atoms with E-state index < -0.39 is 23.5 Å². The molecule has 7 nitrogen and oxygen atoms in total. The Balaban J connectivity index is 1.48. The molecule has 3 heterocycles. The van der Waals surface area contributed by atoms with E-state index in [0.29, 0.717) is 25.8 Å². The van der Waals surface area contributed by atoms with E-state index in [2.05, 4.69) is 15.2 Å². The molecule has 1 aliphatic rings. The van der Waals surface area contributed by atoms with Gasteiger partial charge in [-0.1, -0.05) is 95.9 Å². The minimum absolute atomic E-state index is 0.0117.